The molecule has 100 valence electrons. The molecule has 0 spiro atoms. The lowest BCUT2D eigenvalue weighted by Crippen LogP contribution is -2.31. The van der Waals surface area contributed by atoms with Gasteiger partial charge in [0.1, 0.15) is 10.6 Å². The second-order valence-electron chi connectivity index (χ2n) is 4.11. The first-order valence-electron chi connectivity index (χ1n) is 5.46. The highest BCUT2D eigenvalue weighted by molar-refractivity contribution is 6.33. The van der Waals surface area contributed by atoms with Crippen LogP contribution in [0.5, 0.6) is 0 Å². The predicted molar refractivity (Wildman–Crippen MR) is 69.8 cm³/mol. The van der Waals surface area contributed by atoms with Crippen molar-refractivity contribution in [2.24, 2.45) is 5.92 Å². The number of nitrogens with zero attached hydrogens (tertiary/aromatic N) is 3. The molecule has 0 heterocycles. The SMILES string of the molecule is CC(C#N)CN(C)C(=O)c1cccc(Cl)c1[N+](=O)[O-]. The van der Waals surface area contributed by atoms with Crippen molar-refractivity contribution in [3.8, 4) is 6.07 Å². The lowest BCUT2D eigenvalue weighted by molar-refractivity contribution is -0.385. The highest BCUT2D eigenvalue weighted by atomic mass is 35.5. The first kappa shape index (κ1) is 14.9. The van der Waals surface area contributed by atoms with Crippen LogP contribution in [-0.4, -0.2) is 29.3 Å². The molecule has 0 aliphatic heterocycles. The smallest absolute Gasteiger partial charge is 0.300 e. The molecule has 6 nitrogen and oxygen atoms in total. The van der Waals surface area contributed by atoms with Crippen LogP contribution in [-0.2, 0) is 0 Å². The molecule has 1 aromatic carbocycles. The summed E-state index contributed by atoms with van der Waals surface area (Å²) < 4.78 is 0. The zero-order valence-electron chi connectivity index (χ0n) is 10.5. The van der Waals surface area contributed by atoms with E-state index in [0.717, 1.165) is 0 Å². The third-order valence-corrected chi connectivity index (χ3v) is 2.82. The van der Waals surface area contributed by atoms with Gasteiger partial charge in [0.15, 0.2) is 0 Å². The molecule has 0 saturated carbocycles. The van der Waals surface area contributed by atoms with Crippen molar-refractivity contribution in [1.29, 1.82) is 5.26 Å². The quantitative estimate of drug-likeness (QED) is 0.626. The number of hydrogen-bond acceptors (Lipinski definition) is 4. The van der Waals surface area contributed by atoms with E-state index in [1.807, 2.05) is 6.07 Å². The summed E-state index contributed by atoms with van der Waals surface area (Å²) in [6.07, 6.45) is 0. The number of carbonyl (C=O) groups is 1. The molecule has 1 atom stereocenters. The van der Waals surface area contributed by atoms with Gasteiger partial charge in [-0.25, -0.2) is 0 Å². The van der Waals surface area contributed by atoms with Crippen LogP contribution in [0.2, 0.25) is 5.02 Å². The van der Waals surface area contributed by atoms with Gasteiger partial charge in [0.25, 0.3) is 5.91 Å². The van der Waals surface area contributed by atoms with Crippen LogP contribution in [0.1, 0.15) is 17.3 Å². The first-order valence-corrected chi connectivity index (χ1v) is 5.84. The Morgan fingerprint density at radius 3 is 2.79 bits per heavy atom. The van der Waals surface area contributed by atoms with Gasteiger partial charge in [-0.15, -0.1) is 0 Å². The fourth-order valence-electron chi connectivity index (χ4n) is 1.61. The molecule has 0 fully saturated rings. The van der Waals surface area contributed by atoms with Gasteiger partial charge in [-0.3, -0.25) is 14.9 Å². The first-order chi connectivity index (χ1) is 8.88. The largest absolute Gasteiger partial charge is 0.340 e. The van der Waals surface area contributed by atoms with E-state index in [1.54, 1.807) is 6.92 Å². The zero-order valence-corrected chi connectivity index (χ0v) is 11.2. The van der Waals surface area contributed by atoms with Crippen LogP contribution in [0.4, 0.5) is 5.69 Å². The van der Waals surface area contributed by atoms with E-state index in [0.29, 0.717) is 0 Å². The Hall–Kier alpha value is -2.13. The van der Waals surface area contributed by atoms with Gasteiger partial charge in [0, 0.05) is 13.6 Å². The van der Waals surface area contributed by atoms with Crippen LogP contribution in [0.25, 0.3) is 0 Å². The number of halogens is 1. The molecule has 1 unspecified atom stereocenters. The van der Waals surface area contributed by atoms with Crippen molar-refractivity contribution in [3.63, 3.8) is 0 Å². The van der Waals surface area contributed by atoms with Gasteiger partial charge in [0.2, 0.25) is 0 Å². The Balaban J connectivity index is 3.10. The molecule has 1 aromatic rings. The molecule has 0 saturated heterocycles. The minimum absolute atomic E-state index is 0.0786. The molecule has 0 N–H and O–H groups in total. The lowest BCUT2D eigenvalue weighted by Gasteiger charge is -2.18. The topological polar surface area (TPSA) is 87.2 Å². The van der Waals surface area contributed by atoms with E-state index in [4.69, 9.17) is 16.9 Å². The Morgan fingerprint density at radius 1 is 1.63 bits per heavy atom. The summed E-state index contributed by atoms with van der Waals surface area (Å²) in [5, 5.41) is 19.6. The zero-order chi connectivity index (χ0) is 14.6. The number of amides is 1. The Morgan fingerprint density at radius 2 is 2.26 bits per heavy atom. The average molecular weight is 282 g/mol. The van der Waals surface area contributed by atoms with Crippen molar-refractivity contribution in [3.05, 3.63) is 38.9 Å². The van der Waals surface area contributed by atoms with Crippen molar-refractivity contribution in [2.75, 3.05) is 13.6 Å². The number of hydrogen-bond donors (Lipinski definition) is 0. The minimum Gasteiger partial charge on any atom is -0.340 e. The standard InChI is InChI=1S/C12H12ClN3O3/c1-8(6-14)7-15(2)12(17)9-4-3-5-10(13)11(9)16(18)19/h3-5,8H,7H2,1-2H3. The van der Waals surface area contributed by atoms with E-state index < -0.39 is 16.5 Å². The maximum Gasteiger partial charge on any atom is 0.300 e. The van der Waals surface area contributed by atoms with Gasteiger partial charge in [-0.05, 0) is 19.1 Å². The molecule has 1 amide bonds. The molecular formula is C12H12ClN3O3. The van der Waals surface area contributed by atoms with Crippen LogP contribution in [0.3, 0.4) is 0 Å². The molecular weight excluding hydrogens is 270 g/mol. The normalized spacial score (nSPS) is 11.5. The Bertz CT molecular complexity index is 554. The summed E-state index contributed by atoms with van der Waals surface area (Å²) in [6, 6.07) is 6.18. The van der Waals surface area contributed by atoms with Crippen molar-refractivity contribution in [2.45, 2.75) is 6.92 Å². The molecule has 0 radical (unpaired) electrons. The lowest BCUT2D eigenvalue weighted by atomic mass is 10.1. The molecule has 1 rings (SSSR count). The van der Waals surface area contributed by atoms with Gasteiger partial charge >= 0.3 is 5.69 Å². The van der Waals surface area contributed by atoms with Gasteiger partial charge < -0.3 is 4.90 Å². The second-order valence-corrected chi connectivity index (χ2v) is 4.52. The molecule has 19 heavy (non-hydrogen) atoms. The molecule has 0 bridgehead atoms. The number of nitro benzene ring substituents is 1. The van der Waals surface area contributed by atoms with Crippen LogP contribution in [0.15, 0.2) is 18.2 Å². The molecule has 0 aromatic heterocycles. The van der Waals surface area contributed by atoms with Crippen molar-refractivity contribution < 1.29 is 9.72 Å². The highest BCUT2D eigenvalue weighted by Gasteiger charge is 2.26. The second kappa shape index (κ2) is 6.16. The van der Waals surface area contributed by atoms with Crippen LogP contribution in [0, 0.1) is 27.4 Å². The summed E-state index contributed by atoms with van der Waals surface area (Å²) in [6.45, 7) is 1.86. The number of carbonyl (C=O) groups excluding carboxylic acids is 1. The summed E-state index contributed by atoms with van der Waals surface area (Å²) in [7, 11) is 1.49. The minimum atomic E-state index is -0.683. The fourth-order valence-corrected chi connectivity index (χ4v) is 1.86. The summed E-state index contributed by atoms with van der Waals surface area (Å²) in [5.74, 6) is -0.886. The molecule has 7 heteroatoms. The summed E-state index contributed by atoms with van der Waals surface area (Å²) in [4.78, 5) is 23.7. The van der Waals surface area contributed by atoms with E-state index >= 15 is 0 Å². The van der Waals surface area contributed by atoms with Gasteiger partial charge in [-0.1, -0.05) is 17.7 Å². The van der Waals surface area contributed by atoms with Crippen LogP contribution < -0.4 is 0 Å². The van der Waals surface area contributed by atoms with Crippen LogP contribution >= 0.6 is 11.6 Å². The third-order valence-electron chi connectivity index (χ3n) is 2.51. The summed E-state index contributed by atoms with van der Waals surface area (Å²) >= 11 is 5.74. The maximum atomic E-state index is 12.1. The monoisotopic (exact) mass is 281 g/mol. The number of benzene rings is 1. The number of rotatable bonds is 4. The number of nitriles is 1. The molecule has 0 aliphatic rings. The summed E-state index contributed by atoms with van der Waals surface area (Å²) in [5.41, 5.74) is -0.490. The fraction of sp³-hybridized carbons (Fsp3) is 0.333. The Labute approximate surface area is 115 Å². The van der Waals surface area contributed by atoms with Gasteiger partial charge in [-0.2, -0.15) is 5.26 Å². The Kier molecular flexibility index (Phi) is 4.84. The maximum absolute atomic E-state index is 12.1. The van der Waals surface area contributed by atoms with E-state index in [1.165, 1.54) is 30.1 Å². The van der Waals surface area contributed by atoms with Crippen molar-refractivity contribution in [1.82, 2.24) is 4.90 Å². The number of para-hydroxylation sites is 1. The predicted octanol–water partition coefficient (Wildman–Crippen LogP) is 2.48. The third kappa shape index (κ3) is 3.42. The van der Waals surface area contributed by atoms with Crippen molar-refractivity contribution >= 4 is 23.2 Å². The van der Waals surface area contributed by atoms with Gasteiger partial charge in [0.05, 0.1) is 16.9 Å². The number of nitro groups is 1. The average Bonchev–Trinajstić information content (AvgIpc) is 2.36. The van der Waals surface area contributed by atoms with E-state index in [2.05, 4.69) is 0 Å². The van der Waals surface area contributed by atoms with E-state index in [9.17, 15) is 14.9 Å². The highest BCUT2D eigenvalue weighted by Crippen LogP contribution is 2.28. The van der Waals surface area contributed by atoms with E-state index in [-0.39, 0.29) is 23.0 Å². The molecule has 0 aliphatic carbocycles.